The lowest BCUT2D eigenvalue weighted by Gasteiger charge is -2.33. The Kier molecular flexibility index (Phi) is 6.26. The number of aliphatic hydroxyl groups is 1. The Labute approximate surface area is 173 Å². The van der Waals surface area contributed by atoms with E-state index < -0.39 is 11.7 Å². The first-order valence-electron chi connectivity index (χ1n) is 9.39. The zero-order chi connectivity index (χ0) is 20.5. The molecule has 0 aliphatic carbocycles. The summed E-state index contributed by atoms with van der Waals surface area (Å²) in [7, 11) is 3.70. The second-order valence-electron chi connectivity index (χ2n) is 7.93. The molecule has 3 rings (SSSR count). The van der Waals surface area contributed by atoms with Gasteiger partial charge in [0.25, 0.3) is 0 Å². The monoisotopic (exact) mass is 424 g/mol. The zero-order valence-corrected chi connectivity index (χ0v) is 18.6. The maximum Gasteiger partial charge on any atom is 0.410 e. The minimum atomic E-state index is -0.768. The van der Waals surface area contributed by atoms with Gasteiger partial charge in [-0.3, -0.25) is 4.99 Å². The predicted octanol–water partition coefficient (Wildman–Crippen LogP) is 3.27. The molecule has 1 aliphatic heterocycles. The molecule has 0 aromatic carbocycles. The van der Waals surface area contributed by atoms with Crippen LogP contribution in [-0.2, 0) is 11.8 Å². The second-order valence-corrected chi connectivity index (χ2v) is 9.87. The van der Waals surface area contributed by atoms with Gasteiger partial charge in [-0.05, 0) is 39.5 Å². The number of thiazole rings is 2. The van der Waals surface area contributed by atoms with Gasteiger partial charge < -0.3 is 19.3 Å². The molecule has 28 heavy (non-hydrogen) atoms. The van der Waals surface area contributed by atoms with Crippen LogP contribution < -0.4 is 4.80 Å². The molecule has 1 fully saturated rings. The van der Waals surface area contributed by atoms with Crippen molar-refractivity contribution in [3.63, 3.8) is 0 Å². The number of aliphatic hydroxyl groups excluding tert-OH is 1. The van der Waals surface area contributed by atoms with E-state index in [4.69, 9.17) is 4.74 Å². The van der Waals surface area contributed by atoms with E-state index in [-0.39, 0.29) is 12.0 Å². The number of ether oxygens (including phenoxy) is 1. The van der Waals surface area contributed by atoms with Gasteiger partial charge in [0.2, 0.25) is 0 Å². The summed E-state index contributed by atoms with van der Waals surface area (Å²) < 4.78 is 7.46. The predicted molar refractivity (Wildman–Crippen MR) is 111 cm³/mol. The van der Waals surface area contributed by atoms with E-state index in [0.29, 0.717) is 18.1 Å². The standard InChI is InChI=1S/C19H28N4O3S2/c1-19(2,3)26-18(25)23-9-6-12(7-10-23)15-13(22(5)17(20-4)28-15)14(24)16-21-8-11-27-16/h8,11-12,14,24H,6-7,9-10H2,1-5H3. The summed E-state index contributed by atoms with van der Waals surface area (Å²) in [5.74, 6) is 0.273. The molecular weight excluding hydrogens is 396 g/mol. The first-order chi connectivity index (χ1) is 13.2. The van der Waals surface area contributed by atoms with Crippen LogP contribution in [0.5, 0.6) is 0 Å². The van der Waals surface area contributed by atoms with Crippen LogP contribution in [0.3, 0.4) is 0 Å². The fourth-order valence-electron chi connectivity index (χ4n) is 3.43. The number of carbonyl (C=O) groups is 1. The third-order valence-corrected chi connectivity index (χ3v) is 6.98. The van der Waals surface area contributed by atoms with Gasteiger partial charge in [0.05, 0.1) is 5.69 Å². The number of likely N-dealkylation sites (tertiary alicyclic amines) is 1. The molecule has 7 nitrogen and oxygen atoms in total. The molecule has 0 bridgehead atoms. The molecule has 3 heterocycles. The Hall–Kier alpha value is -1.71. The van der Waals surface area contributed by atoms with Gasteiger partial charge in [0, 0.05) is 43.6 Å². The van der Waals surface area contributed by atoms with Crippen LogP contribution in [0.25, 0.3) is 0 Å². The quantitative estimate of drug-likeness (QED) is 0.820. The van der Waals surface area contributed by atoms with Crippen molar-refractivity contribution in [2.75, 3.05) is 20.1 Å². The summed E-state index contributed by atoms with van der Waals surface area (Å²) in [5, 5.41) is 13.5. The fraction of sp³-hybridized carbons (Fsp3) is 0.632. The van der Waals surface area contributed by atoms with Gasteiger partial charge in [-0.25, -0.2) is 9.78 Å². The summed E-state index contributed by atoms with van der Waals surface area (Å²) in [6.07, 6.45) is 2.35. The summed E-state index contributed by atoms with van der Waals surface area (Å²) in [6, 6.07) is 0. The summed E-state index contributed by atoms with van der Waals surface area (Å²) in [6.45, 7) is 6.93. The van der Waals surface area contributed by atoms with Crippen molar-refractivity contribution in [2.24, 2.45) is 12.0 Å². The van der Waals surface area contributed by atoms with Crippen LogP contribution >= 0.6 is 22.7 Å². The molecule has 2 aromatic heterocycles. The average Bonchev–Trinajstić information content (AvgIpc) is 3.28. The van der Waals surface area contributed by atoms with E-state index in [9.17, 15) is 9.90 Å². The molecular formula is C19H28N4O3S2. The normalized spacial score (nSPS) is 17.8. The van der Waals surface area contributed by atoms with Gasteiger partial charge in [-0.15, -0.1) is 22.7 Å². The topological polar surface area (TPSA) is 80.0 Å². The van der Waals surface area contributed by atoms with Crippen LogP contribution in [0, 0.1) is 0 Å². The number of hydrogen-bond donors (Lipinski definition) is 1. The molecule has 1 atom stereocenters. The summed E-state index contributed by atoms with van der Waals surface area (Å²) >= 11 is 3.06. The van der Waals surface area contributed by atoms with Gasteiger partial charge in [-0.2, -0.15) is 0 Å². The fourth-order valence-corrected chi connectivity index (χ4v) is 5.33. The highest BCUT2D eigenvalue weighted by atomic mass is 32.1. The van der Waals surface area contributed by atoms with Gasteiger partial charge >= 0.3 is 6.09 Å². The van der Waals surface area contributed by atoms with Crippen molar-refractivity contribution in [1.82, 2.24) is 14.5 Å². The van der Waals surface area contributed by atoms with E-state index in [1.807, 2.05) is 37.8 Å². The SMILES string of the molecule is CN=c1sc(C2CCN(C(=O)OC(C)(C)C)CC2)c(C(O)c2nccs2)n1C. The molecule has 1 unspecified atom stereocenters. The lowest BCUT2D eigenvalue weighted by atomic mass is 9.93. The third kappa shape index (κ3) is 4.47. The van der Waals surface area contributed by atoms with Gasteiger partial charge in [0.15, 0.2) is 4.80 Å². The maximum absolute atomic E-state index is 12.3. The Balaban J connectivity index is 1.81. The number of rotatable bonds is 3. The molecule has 154 valence electrons. The van der Waals surface area contributed by atoms with Crippen molar-refractivity contribution >= 4 is 28.8 Å². The minimum absolute atomic E-state index is 0.255. The van der Waals surface area contributed by atoms with Crippen LogP contribution in [0.2, 0.25) is 0 Å². The van der Waals surface area contributed by atoms with Crippen molar-refractivity contribution in [2.45, 2.75) is 51.2 Å². The smallest absolute Gasteiger partial charge is 0.410 e. The number of nitrogens with zero attached hydrogens (tertiary/aromatic N) is 4. The van der Waals surface area contributed by atoms with Crippen molar-refractivity contribution < 1.29 is 14.6 Å². The highest BCUT2D eigenvalue weighted by Crippen LogP contribution is 2.37. The number of aromatic nitrogens is 2. The number of amides is 1. The van der Waals surface area contributed by atoms with Crippen molar-refractivity contribution in [3.8, 4) is 0 Å². The lowest BCUT2D eigenvalue weighted by Crippen LogP contribution is -2.41. The third-order valence-electron chi connectivity index (χ3n) is 4.76. The Morgan fingerprint density at radius 3 is 2.61 bits per heavy atom. The summed E-state index contributed by atoms with van der Waals surface area (Å²) in [4.78, 5) is 24.8. The minimum Gasteiger partial charge on any atom is -0.444 e. The second kappa shape index (κ2) is 8.34. The molecule has 0 saturated carbocycles. The molecule has 1 aliphatic rings. The number of piperidine rings is 1. The summed E-state index contributed by atoms with van der Waals surface area (Å²) in [5.41, 5.74) is 0.370. The maximum atomic E-state index is 12.3. The zero-order valence-electron chi connectivity index (χ0n) is 17.0. The molecule has 9 heteroatoms. The van der Waals surface area contributed by atoms with Crippen molar-refractivity contribution in [1.29, 1.82) is 0 Å². The van der Waals surface area contributed by atoms with Crippen LogP contribution in [0.4, 0.5) is 4.79 Å². The highest BCUT2D eigenvalue weighted by Gasteiger charge is 2.32. The molecule has 1 N–H and O–H groups in total. The number of carbonyl (C=O) groups excluding carboxylic acids is 1. The lowest BCUT2D eigenvalue weighted by molar-refractivity contribution is 0.0205. The first kappa shape index (κ1) is 21.0. The average molecular weight is 425 g/mol. The number of hydrogen-bond acceptors (Lipinski definition) is 7. The van der Waals surface area contributed by atoms with E-state index in [1.54, 1.807) is 29.5 Å². The van der Waals surface area contributed by atoms with E-state index in [0.717, 1.165) is 28.2 Å². The molecule has 1 amide bonds. The molecule has 1 saturated heterocycles. The van der Waals surface area contributed by atoms with Crippen LogP contribution in [0.1, 0.15) is 61.2 Å². The van der Waals surface area contributed by atoms with Gasteiger partial charge in [0.1, 0.15) is 16.7 Å². The van der Waals surface area contributed by atoms with E-state index >= 15 is 0 Å². The Bertz CT molecular complexity index is 872. The van der Waals surface area contributed by atoms with E-state index in [1.165, 1.54) is 11.3 Å². The van der Waals surface area contributed by atoms with Crippen LogP contribution in [0.15, 0.2) is 16.6 Å². The largest absolute Gasteiger partial charge is 0.444 e. The van der Waals surface area contributed by atoms with Crippen LogP contribution in [-0.4, -0.2) is 51.4 Å². The van der Waals surface area contributed by atoms with E-state index in [2.05, 4.69) is 9.98 Å². The highest BCUT2D eigenvalue weighted by molar-refractivity contribution is 7.10. The Morgan fingerprint density at radius 1 is 1.39 bits per heavy atom. The molecule has 0 radical (unpaired) electrons. The first-order valence-corrected chi connectivity index (χ1v) is 11.1. The molecule has 0 spiro atoms. The molecule has 2 aromatic rings. The van der Waals surface area contributed by atoms with Gasteiger partial charge in [-0.1, -0.05) is 0 Å². The van der Waals surface area contributed by atoms with Crippen molar-refractivity contribution in [3.05, 3.63) is 32.0 Å². The Morgan fingerprint density at radius 2 is 2.07 bits per heavy atom.